The fourth-order valence-electron chi connectivity index (χ4n) is 2.15. The lowest BCUT2D eigenvalue weighted by Crippen LogP contribution is -2.19. The van der Waals surface area contributed by atoms with Gasteiger partial charge in [-0.3, -0.25) is 0 Å². The molecule has 0 aliphatic rings. The van der Waals surface area contributed by atoms with Gasteiger partial charge in [-0.25, -0.2) is 0 Å². The summed E-state index contributed by atoms with van der Waals surface area (Å²) >= 11 is 3.56. The van der Waals surface area contributed by atoms with Crippen LogP contribution in [-0.2, 0) is 6.42 Å². The zero-order chi connectivity index (χ0) is 15.1. The minimum atomic E-state index is 0.550. The number of alkyl halides is 1. The highest BCUT2D eigenvalue weighted by atomic mass is 79.9. The molecule has 0 N–H and O–H groups in total. The molecule has 1 nitrogen and oxygen atoms in total. The molecule has 0 aliphatic heterocycles. The Morgan fingerprint density at radius 1 is 0.905 bits per heavy atom. The van der Waals surface area contributed by atoms with Crippen LogP contribution in [0.3, 0.4) is 0 Å². The molecular weight excluding hydrogens is 324 g/mol. The van der Waals surface area contributed by atoms with Gasteiger partial charge in [0.1, 0.15) is 5.75 Å². The minimum Gasteiger partial charge on any atom is -0.493 e. The molecule has 0 saturated carbocycles. The number of hydrogen-bond acceptors (Lipinski definition) is 1. The summed E-state index contributed by atoms with van der Waals surface area (Å²) in [6, 6.07) is 19.0. The maximum absolute atomic E-state index is 5.90. The van der Waals surface area contributed by atoms with Crippen molar-refractivity contribution in [2.45, 2.75) is 20.3 Å². The molecule has 1 atom stereocenters. The summed E-state index contributed by atoms with van der Waals surface area (Å²) in [5.41, 5.74) is 2.65. The number of benzene rings is 2. The molecule has 0 aromatic heterocycles. The third kappa shape index (κ3) is 5.20. The normalized spacial score (nSPS) is 12.4. The second-order valence-electron chi connectivity index (χ2n) is 5.78. The van der Waals surface area contributed by atoms with E-state index in [0.717, 1.165) is 24.1 Å². The zero-order valence-electron chi connectivity index (χ0n) is 12.8. The average molecular weight is 347 g/mol. The van der Waals surface area contributed by atoms with Gasteiger partial charge in [-0.1, -0.05) is 72.2 Å². The summed E-state index contributed by atoms with van der Waals surface area (Å²) in [5.74, 6) is 2.13. The van der Waals surface area contributed by atoms with E-state index in [1.54, 1.807) is 0 Å². The SMILES string of the molecule is CC(C)C(CBr)COc1ccc(Cc2ccccc2)cc1. The molecule has 0 spiro atoms. The average Bonchev–Trinajstić information content (AvgIpc) is 2.50. The number of rotatable bonds is 7. The summed E-state index contributed by atoms with van der Waals surface area (Å²) in [7, 11) is 0. The van der Waals surface area contributed by atoms with Crippen LogP contribution in [0.5, 0.6) is 5.75 Å². The molecule has 0 radical (unpaired) electrons. The molecule has 0 saturated heterocycles. The van der Waals surface area contributed by atoms with Gasteiger partial charge in [-0.15, -0.1) is 0 Å². The van der Waals surface area contributed by atoms with Crippen LogP contribution in [0.2, 0.25) is 0 Å². The van der Waals surface area contributed by atoms with Crippen molar-refractivity contribution in [3.8, 4) is 5.75 Å². The Bertz CT molecular complexity index is 519. The van der Waals surface area contributed by atoms with E-state index in [0.29, 0.717) is 11.8 Å². The molecule has 0 aliphatic carbocycles. The van der Waals surface area contributed by atoms with Crippen LogP contribution >= 0.6 is 15.9 Å². The quantitative estimate of drug-likeness (QED) is 0.616. The first kappa shape index (κ1) is 16.1. The number of ether oxygens (including phenoxy) is 1. The van der Waals surface area contributed by atoms with Gasteiger partial charge in [0.25, 0.3) is 0 Å². The van der Waals surface area contributed by atoms with Crippen LogP contribution in [0.4, 0.5) is 0 Å². The van der Waals surface area contributed by atoms with Crippen LogP contribution in [0.15, 0.2) is 54.6 Å². The molecular formula is C19H23BrO. The Balaban J connectivity index is 1.90. The van der Waals surface area contributed by atoms with E-state index in [9.17, 15) is 0 Å². The highest BCUT2D eigenvalue weighted by molar-refractivity contribution is 9.09. The Morgan fingerprint density at radius 2 is 1.52 bits per heavy atom. The highest BCUT2D eigenvalue weighted by Crippen LogP contribution is 2.19. The highest BCUT2D eigenvalue weighted by Gasteiger charge is 2.12. The largest absolute Gasteiger partial charge is 0.493 e. The molecule has 0 bridgehead atoms. The fraction of sp³-hybridized carbons (Fsp3) is 0.368. The molecule has 112 valence electrons. The Morgan fingerprint density at radius 3 is 2.10 bits per heavy atom. The van der Waals surface area contributed by atoms with Crippen molar-refractivity contribution in [2.75, 3.05) is 11.9 Å². The topological polar surface area (TPSA) is 9.23 Å². The van der Waals surface area contributed by atoms with Gasteiger partial charge in [-0.05, 0) is 35.6 Å². The lowest BCUT2D eigenvalue weighted by Gasteiger charge is -2.18. The summed E-state index contributed by atoms with van der Waals surface area (Å²) in [4.78, 5) is 0. The maximum atomic E-state index is 5.90. The van der Waals surface area contributed by atoms with Crippen LogP contribution in [0, 0.1) is 11.8 Å². The molecule has 2 heteroatoms. The van der Waals surface area contributed by atoms with E-state index in [1.165, 1.54) is 11.1 Å². The van der Waals surface area contributed by atoms with E-state index in [4.69, 9.17) is 4.74 Å². The van der Waals surface area contributed by atoms with Crippen molar-refractivity contribution in [3.05, 3.63) is 65.7 Å². The van der Waals surface area contributed by atoms with Gasteiger partial charge < -0.3 is 4.74 Å². The Kier molecular flexibility index (Phi) is 6.31. The van der Waals surface area contributed by atoms with Gasteiger partial charge in [0.05, 0.1) is 6.61 Å². The van der Waals surface area contributed by atoms with E-state index >= 15 is 0 Å². The van der Waals surface area contributed by atoms with Gasteiger partial charge in [0.2, 0.25) is 0 Å². The van der Waals surface area contributed by atoms with E-state index in [1.807, 2.05) is 0 Å². The third-order valence-electron chi connectivity index (χ3n) is 3.78. The van der Waals surface area contributed by atoms with E-state index < -0.39 is 0 Å². The van der Waals surface area contributed by atoms with Gasteiger partial charge in [0, 0.05) is 11.2 Å². The van der Waals surface area contributed by atoms with E-state index in [2.05, 4.69) is 84.4 Å². The fourth-order valence-corrected chi connectivity index (χ4v) is 3.09. The van der Waals surface area contributed by atoms with Crippen molar-refractivity contribution in [1.29, 1.82) is 0 Å². The second-order valence-corrected chi connectivity index (χ2v) is 6.42. The smallest absolute Gasteiger partial charge is 0.119 e. The van der Waals surface area contributed by atoms with Gasteiger partial charge in [-0.2, -0.15) is 0 Å². The second kappa shape index (κ2) is 8.23. The minimum absolute atomic E-state index is 0.550. The zero-order valence-corrected chi connectivity index (χ0v) is 14.3. The van der Waals surface area contributed by atoms with Crippen molar-refractivity contribution in [1.82, 2.24) is 0 Å². The van der Waals surface area contributed by atoms with Crippen LogP contribution < -0.4 is 4.74 Å². The van der Waals surface area contributed by atoms with Crippen LogP contribution in [-0.4, -0.2) is 11.9 Å². The van der Waals surface area contributed by atoms with Crippen molar-refractivity contribution in [2.24, 2.45) is 11.8 Å². The predicted molar refractivity (Wildman–Crippen MR) is 93.3 cm³/mol. The standard InChI is InChI=1S/C19H23BrO/c1-15(2)18(13-20)14-21-19-10-8-17(9-11-19)12-16-6-4-3-5-7-16/h3-11,15,18H,12-14H2,1-2H3. The first-order valence-corrected chi connectivity index (χ1v) is 8.63. The van der Waals surface area contributed by atoms with Crippen LogP contribution in [0.25, 0.3) is 0 Å². The number of halogens is 1. The third-order valence-corrected chi connectivity index (χ3v) is 4.61. The van der Waals surface area contributed by atoms with Crippen LogP contribution in [0.1, 0.15) is 25.0 Å². The summed E-state index contributed by atoms with van der Waals surface area (Å²) in [5, 5.41) is 0.983. The van der Waals surface area contributed by atoms with E-state index in [-0.39, 0.29) is 0 Å². The summed E-state index contributed by atoms with van der Waals surface area (Å²) in [6.07, 6.45) is 0.969. The first-order chi connectivity index (χ1) is 10.2. The van der Waals surface area contributed by atoms with Crippen molar-refractivity contribution in [3.63, 3.8) is 0 Å². The molecule has 21 heavy (non-hydrogen) atoms. The van der Waals surface area contributed by atoms with Gasteiger partial charge >= 0.3 is 0 Å². The molecule has 2 aromatic rings. The first-order valence-electron chi connectivity index (χ1n) is 7.50. The molecule has 0 heterocycles. The lowest BCUT2D eigenvalue weighted by atomic mass is 9.99. The molecule has 2 rings (SSSR count). The lowest BCUT2D eigenvalue weighted by molar-refractivity contribution is 0.227. The Hall–Kier alpha value is -1.28. The Labute approximate surface area is 136 Å². The molecule has 2 aromatic carbocycles. The van der Waals surface area contributed by atoms with Gasteiger partial charge in [0.15, 0.2) is 0 Å². The van der Waals surface area contributed by atoms with Crippen molar-refractivity contribution < 1.29 is 4.74 Å². The molecule has 1 unspecified atom stereocenters. The number of hydrogen-bond donors (Lipinski definition) is 0. The monoisotopic (exact) mass is 346 g/mol. The van der Waals surface area contributed by atoms with Crippen molar-refractivity contribution >= 4 is 15.9 Å². The molecule has 0 amide bonds. The summed E-state index contributed by atoms with van der Waals surface area (Å²) in [6.45, 7) is 5.23. The summed E-state index contributed by atoms with van der Waals surface area (Å²) < 4.78 is 5.90. The molecule has 0 fully saturated rings. The predicted octanol–water partition coefficient (Wildman–Crippen LogP) is 5.32. The maximum Gasteiger partial charge on any atom is 0.119 e.